The normalized spacial score (nSPS) is 11.7. The van der Waals surface area contributed by atoms with Crippen LogP contribution in [0.2, 0.25) is 0 Å². The summed E-state index contributed by atoms with van der Waals surface area (Å²) in [6, 6.07) is 6.07. The fraction of sp³-hybridized carbons (Fsp3) is 0.158. The number of nitrogens with two attached hydrogens (primary N) is 2. The van der Waals surface area contributed by atoms with Crippen molar-refractivity contribution in [3.63, 3.8) is 0 Å². The van der Waals surface area contributed by atoms with E-state index in [9.17, 15) is 23.1 Å². The Balaban J connectivity index is 2.54. The summed E-state index contributed by atoms with van der Waals surface area (Å²) in [6.45, 7) is 3.34. The van der Waals surface area contributed by atoms with Crippen LogP contribution < -0.4 is 11.5 Å². The van der Waals surface area contributed by atoms with Crippen LogP contribution in [0.3, 0.4) is 0 Å². The topological polar surface area (TPSA) is 102 Å². The molecule has 0 aliphatic carbocycles. The summed E-state index contributed by atoms with van der Waals surface area (Å²) in [6.07, 6.45) is -4.56. The highest BCUT2D eigenvalue weighted by Crippen LogP contribution is 2.42. The molecule has 8 heteroatoms. The summed E-state index contributed by atoms with van der Waals surface area (Å²) in [5.74, 6) is -0.946. The number of fused-ring (bicyclic) bond motifs is 1. The number of nitrogen functional groups attached to an aromatic ring is 1. The molecule has 0 aliphatic heterocycles. The number of rotatable bonds is 2. The summed E-state index contributed by atoms with van der Waals surface area (Å²) < 4.78 is 39.6. The van der Waals surface area contributed by atoms with Crippen molar-refractivity contribution in [2.24, 2.45) is 5.73 Å². The van der Waals surface area contributed by atoms with Crippen molar-refractivity contribution in [2.45, 2.75) is 20.0 Å². The summed E-state index contributed by atoms with van der Waals surface area (Å²) in [4.78, 5) is 15.8. The van der Waals surface area contributed by atoms with Crippen LogP contribution in [0.25, 0.3) is 22.0 Å². The molecule has 0 aliphatic rings. The van der Waals surface area contributed by atoms with Gasteiger partial charge in [-0.25, -0.2) is 4.98 Å². The Morgan fingerprint density at radius 1 is 1.11 bits per heavy atom. The molecule has 5 N–H and O–H groups in total. The number of anilines is 1. The molecule has 0 radical (unpaired) electrons. The zero-order valence-corrected chi connectivity index (χ0v) is 14.5. The van der Waals surface area contributed by atoms with Crippen molar-refractivity contribution >= 4 is 22.5 Å². The van der Waals surface area contributed by atoms with Gasteiger partial charge in [-0.2, -0.15) is 13.2 Å². The van der Waals surface area contributed by atoms with Gasteiger partial charge in [-0.1, -0.05) is 6.07 Å². The summed E-state index contributed by atoms with van der Waals surface area (Å²) in [5, 5.41) is 10.2. The number of hydrogen-bond acceptors (Lipinski definition) is 4. The molecule has 3 aromatic rings. The van der Waals surface area contributed by atoms with Crippen LogP contribution in [0, 0.1) is 13.8 Å². The van der Waals surface area contributed by atoms with Gasteiger partial charge < -0.3 is 16.6 Å². The van der Waals surface area contributed by atoms with Gasteiger partial charge in [-0.3, -0.25) is 4.79 Å². The van der Waals surface area contributed by atoms with Gasteiger partial charge in [0.25, 0.3) is 5.91 Å². The highest BCUT2D eigenvalue weighted by Gasteiger charge is 2.31. The predicted molar refractivity (Wildman–Crippen MR) is 96.3 cm³/mol. The monoisotopic (exact) mass is 375 g/mol. The molecule has 0 saturated carbocycles. The molecule has 3 rings (SSSR count). The van der Waals surface area contributed by atoms with Gasteiger partial charge in [-0.15, -0.1) is 0 Å². The van der Waals surface area contributed by atoms with Gasteiger partial charge in [0.2, 0.25) is 0 Å². The zero-order valence-electron chi connectivity index (χ0n) is 14.5. The Hall–Kier alpha value is -3.29. The number of primary amides is 1. The third-order valence-corrected chi connectivity index (χ3v) is 4.48. The fourth-order valence-electron chi connectivity index (χ4n) is 3.13. The van der Waals surface area contributed by atoms with E-state index >= 15 is 0 Å². The number of benzene rings is 2. The van der Waals surface area contributed by atoms with Crippen molar-refractivity contribution in [2.75, 3.05) is 5.73 Å². The minimum absolute atomic E-state index is 0.0486. The number of halogens is 3. The van der Waals surface area contributed by atoms with Crippen LogP contribution in [-0.4, -0.2) is 16.0 Å². The quantitative estimate of drug-likeness (QED) is 0.632. The SMILES string of the molecule is Cc1ccc(O)c(C)c1-c1c(N)c(C(N)=O)nc2ccc(C(F)(F)F)cc12. The number of aromatic nitrogens is 1. The van der Waals surface area contributed by atoms with Crippen molar-refractivity contribution in [3.05, 3.63) is 52.7 Å². The van der Waals surface area contributed by atoms with E-state index in [0.29, 0.717) is 16.7 Å². The lowest BCUT2D eigenvalue weighted by Gasteiger charge is -2.18. The number of hydrogen-bond donors (Lipinski definition) is 3. The Morgan fingerprint density at radius 3 is 2.37 bits per heavy atom. The molecule has 0 saturated heterocycles. The maximum Gasteiger partial charge on any atom is 0.416 e. The van der Waals surface area contributed by atoms with Crippen molar-refractivity contribution in [1.29, 1.82) is 0 Å². The van der Waals surface area contributed by atoms with E-state index in [1.54, 1.807) is 19.9 Å². The maximum atomic E-state index is 13.2. The Morgan fingerprint density at radius 2 is 1.78 bits per heavy atom. The lowest BCUT2D eigenvalue weighted by atomic mass is 9.90. The second-order valence-electron chi connectivity index (χ2n) is 6.24. The fourth-order valence-corrected chi connectivity index (χ4v) is 3.13. The number of nitrogens with zero attached hydrogens (tertiary/aromatic N) is 1. The van der Waals surface area contributed by atoms with E-state index in [1.165, 1.54) is 12.1 Å². The second kappa shape index (κ2) is 6.15. The molecular formula is C19H16F3N3O2. The highest BCUT2D eigenvalue weighted by atomic mass is 19.4. The highest BCUT2D eigenvalue weighted by molar-refractivity contribution is 6.09. The van der Waals surface area contributed by atoms with Gasteiger partial charge in [0, 0.05) is 10.9 Å². The number of aryl methyl sites for hydroxylation is 1. The molecule has 0 fully saturated rings. The van der Waals surface area contributed by atoms with Gasteiger partial charge in [0.1, 0.15) is 5.75 Å². The molecule has 2 aromatic carbocycles. The number of phenolic OH excluding ortho intramolecular Hbond substituents is 1. The van der Waals surface area contributed by atoms with Crippen LogP contribution in [0.4, 0.5) is 18.9 Å². The first-order valence-electron chi connectivity index (χ1n) is 7.92. The first-order valence-corrected chi connectivity index (χ1v) is 7.92. The summed E-state index contributed by atoms with van der Waals surface area (Å²) >= 11 is 0. The van der Waals surface area contributed by atoms with E-state index in [1.807, 2.05) is 0 Å². The number of aromatic hydroxyl groups is 1. The van der Waals surface area contributed by atoms with Gasteiger partial charge >= 0.3 is 6.18 Å². The van der Waals surface area contributed by atoms with Crippen molar-refractivity contribution < 1.29 is 23.1 Å². The van der Waals surface area contributed by atoms with Crippen LogP contribution in [0.15, 0.2) is 30.3 Å². The van der Waals surface area contributed by atoms with Crippen molar-refractivity contribution in [3.8, 4) is 16.9 Å². The molecule has 1 aromatic heterocycles. The van der Waals surface area contributed by atoms with E-state index in [0.717, 1.165) is 12.1 Å². The zero-order chi connectivity index (χ0) is 20.1. The summed E-state index contributed by atoms with van der Waals surface area (Å²) in [5.41, 5.74) is 12.0. The first-order chi connectivity index (χ1) is 12.5. The number of carbonyl (C=O) groups excluding carboxylic acids is 1. The van der Waals surface area contributed by atoms with E-state index in [2.05, 4.69) is 4.98 Å². The third-order valence-electron chi connectivity index (χ3n) is 4.48. The average molecular weight is 375 g/mol. The molecule has 0 atom stereocenters. The molecule has 27 heavy (non-hydrogen) atoms. The molecule has 0 spiro atoms. The van der Waals surface area contributed by atoms with Crippen LogP contribution in [0.5, 0.6) is 5.75 Å². The number of pyridine rings is 1. The molecule has 140 valence electrons. The Labute approximate surface area is 152 Å². The standard InChI is InChI=1S/C19H16F3N3O2/c1-8-3-6-13(26)9(2)14(8)15-11-7-10(19(20,21)22)4-5-12(11)25-17(16(15)23)18(24)27/h3-7,26H,23H2,1-2H3,(H2,24,27). The minimum Gasteiger partial charge on any atom is -0.508 e. The first kappa shape index (κ1) is 18.5. The smallest absolute Gasteiger partial charge is 0.416 e. The predicted octanol–water partition coefficient (Wildman–Crippen LogP) is 3.92. The lowest BCUT2D eigenvalue weighted by molar-refractivity contribution is -0.137. The number of amides is 1. The van der Waals surface area contributed by atoms with Gasteiger partial charge in [-0.05, 0) is 54.8 Å². The number of carbonyl (C=O) groups is 1. The van der Waals surface area contributed by atoms with Crippen molar-refractivity contribution in [1.82, 2.24) is 4.98 Å². The summed E-state index contributed by atoms with van der Waals surface area (Å²) in [7, 11) is 0. The number of alkyl halides is 3. The van der Waals surface area contributed by atoms with Crippen LogP contribution in [-0.2, 0) is 6.18 Å². The Bertz CT molecular complexity index is 1090. The third kappa shape index (κ3) is 3.03. The molecular weight excluding hydrogens is 359 g/mol. The van der Waals surface area contributed by atoms with E-state index in [4.69, 9.17) is 11.5 Å². The van der Waals surface area contributed by atoms with Gasteiger partial charge in [0.05, 0.1) is 16.8 Å². The second-order valence-corrected chi connectivity index (χ2v) is 6.24. The number of phenols is 1. The van der Waals surface area contributed by atoms with Crippen LogP contribution >= 0.6 is 0 Å². The van der Waals surface area contributed by atoms with E-state index in [-0.39, 0.29) is 33.6 Å². The average Bonchev–Trinajstić information content (AvgIpc) is 2.58. The largest absolute Gasteiger partial charge is 0.508 e. The molecule has 5 nitrogen and oxygen atoms in total. The molecule has 0 bridgehead atoms. The lowest BCUT2D eigenvalue weighted by Crippen LogP contribution is -2.17. The van der Waals surface area contributed by atoms with Crippen LogP contribution in [0.1, 0.15) is 27.2 Å². The molecule has 0 unspecified atom stereocenters. The minimum atomic E-state index is -4.56. The maximum absolute atomic E-state index is 13.2. The van der Waals surface area contributed by atoms with E-state index < -0.39 is 17.6 Å². The van der Waals surface area contributed by atoms with Gasteiger partial charge in [0.15, 0.2) is 5.69 Å². The molecule has 1 amide bonds. The molecule has 1 heterocycles. The Kier molecular flexibility index (Phi) is 4.22.